The first kappa shape index (κ1) is 36.1. The zero-order valence-electron chi connectivity index (χ0n) is 23.1. The van der Waals surface area contributed by atoms with E-state index in [0.29, 0.717) is 11.4 Å². The first-order valence-electron chi connectivity index (χ1n) is 12.0. The summed E-state index contributed by atoms with van der Waals surface area (Å²) in [5.41, 5.74) is 1.71. The standard InChI is InChI=1S/2C10H12N2O2.2C5H5N.Co/c2*1-7(2)11-12-10(14)8-5-3-4-6-9(8)13;2*1-2-4-6-5-3-1;/h2*3-6,13H,1-2H3,(H,12,14);2*1-5H;/q;;;;+2/p-2. The van der Waals surface area contributed by atoms with Gasteiger partial charge in [-0.05, 0) is 64.1 Å². The predicted molar refractivity (Wildman–Crippen MR) is 155 cm³/mol. The number of para-hydroxylation sites is 2. The SMILES string of the molecule is CC(C)=N/N=C(\[O-])c1ccccc1O.CC(C)=N/N=C(\[O-])c1ccccc1O.[Co+2].c1ccncc1.c1ccncc1. The van der Waals surface area contributed by atoms with Crippen molar-refractivity contribution in [1.82, 2.24) is 9.97 Å². The van der Waals surface area contributed by atoms with E-state index in [9.17, 15) is 20.4 Å². The van der Waals surface area contributed by atoms with Gasteiger partial charge in [0.05, 0.1) is 0 Å². The smallest absolute Gasteiger partial charge is 0.857 e. The van der Waals surface area contributed by atoms with Crippen LogP contribution in [0, 0.1) is 0 Å². The van der Waals surface area contributed by atoms with E-state index in [0.717, 1.165) is 0 Å². The van der Waals surface area contributed by atoms with Crippen molar-refractivity contribution in [1.29, 1.82) is 0 Å². The van der Waals surface area contributed by atoms with Crippen LogP contribution in [0.5, 0.6) is 11.5 Å². The van der Waals surface area contributed by atoms with Gasteiger partial charge in [0.2, 0.25) is 0 Å². The van der Waals surface area contributed by atoms with Crippen LogP contribution < -0.4 is 10.2 Å². The molecule has 0 saturated heterocycles. The summed E-state index contributed by atoms with van der Waals surface area (Å²) in [7, 11) is 0. The number of benzene rings is 2. The minimum Gasteiger partial charge on any atom is -0.857 e. The summed E-state index contributed by atoms with van der Waals surface area (Å²) in [5.74, 6) is -1.23. The summed E-state index contributed by atoms with van der Waals surface area (Å²) in [6.07, 6.45) is 7.00. The Balaban J connectivity index is 0.000000552. The van der Waals surface area contributed by atoms with Crippen molar-refractivity contribution < 1.29 is 37.2 Å². The molecule has 0 bridgehead atoms. The number of aromatic nitrogens is 2. The third kappa shape index (κ3) is 17.4. The van der Waals surface area contributed by atoms with Gasteiger partial charge in [-0.15, -0.1) is 0 Å². The van der Waals surface area contributed by atoms with Crippen molar-refractivity contribution in [2.24, 2.45) is 20.4 Å². The molecular formula is C30H32CoN6O4. The Bertz CT molecular complexity index is 1210. The number of pyridine rings is 2. The largest absolute Gasteiger partial charge is 2.00 e. The third-order valence-corrected chi connectivity index (χ3v) is 4.08. The number of phenols is 2. The van der Waals surface area contributed by atoms with E-state index in [-0.39, 0.29) is 39.4 Å². The molecule has 2 aromatic carbocycles. The molecule has 4 rings (SSSR count). The van der Waals surface area contributed by atoms with E-state index in [1.165, 1.54) is 24.3 Å². The molecule has 4 aromatic rings. The summed E-state index contributed by atoms with van der Waals surface area (Å²) in [5, 5.41) is 55.4. The Labute approximate surface area is 250 Å². The summed E-state index contributed by atoms with van der Waals surface area (Å²) in [6.45, 7) is 6.95. The monoisotopic (exact) mass is 599 g/mol. The molecule has 0 saturated carbocycles. The van der Waals surface area contributed by atoms with Gasteiger partial charge in [0.1, 0.15) is 11.5 Å². The Morgan fingerprint density at radius 3 is 1.05 bits per heavy atom. The van der Waals surface area contributed by atoms with Gasteiger partial charge in [-0.2, -0.15) is 20.4 Å². The van der Waals surface area contributed by atoms with Crippen LogP contribution in [-0.4, -0.2) is 43.4 Å². The van der Waals surface area contributed by atoms with Crippen LogP contribution in [0.4, 0.5) is 0 Å². The molecule has 11 heteroatoms. The van der Waals surface area contributed by atoms with Crippen LogP contribution in [0.15, 0.2) is 130 Å². The first-order chi connectivity index (χ1) is 19.2. The Morgan fingerprint density at radius 2 is 0.829 bits per heavy atom. The Hall–Kier alpha value is -4.87. The average Bonchev–Trinajstić information content (AvgIpc) is 2.98. The zero-order chi connectivity index (χ0) is 29.6. The first-order valence-corrected chi connectivity index (χ1v) is 12.0. The van der Waals surface area contributed by atoms with E-state index in [2.05, 4.69) is 30.4 Å². The van der Waals surface area contributed by atoms with Crippen LogP contribution >= 0.6 is 0 Å². The van der Waals surface area contributed by atoms with Crippen LogP contribution in [0.1, 0.15) is 38.8 Å². The van der Waals surface area contributed by atoms with Gasteiger partial charge >= 0.3 is 16.8 Å². The van der Waals surface area contributed by atoms with Gasteiger partial charge < -0.3 is 20.4 Å². The second-order valence-electron chi connectivity index (χ2n) is 7.99. The van der Waals surface area contributed by atoms with Gasteiger partial charge in [0, 0.05) is 59.1 Å². The minimum atomic E-state index is -0.538. The molecule has 2 heterocycles. The molecule has 2 aromatic heterocycles. The molecule has 0 aliphatic heterocycles. The summed E-state index contributed by atoms with van der Waals surface area (Å²) in [4.78, 5) is 7.57. The van der Waals surface area contributed by atoms with Gasteiger partial charge in [-0.25, -0.2) is 0 Å². The number of hydrogen-bond donors (Lipinski definition) is 2. The number of rotatable bonds is 4. The molecule has 0 amide bonds. The van der Waals surface area contributed by atoms with E-state index >= 15 is 0 Å². The van der Waals surface area contributed by atoms with Gasteiger partial charge in [0.15, 0.2) is 0 Å². The summed E-state index contributed by atoms with van der Waals surface area (Å²) >= 11 is 0. The van der Waals surface area contributed by atoms with Crippen LogP contribution in [0.25, 0.3) is 0 Å². The Kier molecular flexibility index (Phi) is 19.4. The van der Waals surface area contributed by atoms with Crippen molar-refractivity contribution in [3.05, 3.63) is 121 Å². The van der Waals surface area contributed by atoms with Crippen LogP contribution in [-0.2, 0) is 16.8 Å². The van der Waals surface area contributed by atoms with E-state index in [4.69, 9.17) is 0 Å². The third-order valence-electron chi connectivity index (χ3n) is 4.08. The fourth-order valence-corrected chi connectivity index (χ4v) is 2.33. The number of nitrogens with zero attached hydrogens (tertiary/aromatic N) is 6. The van der Waals surface area contributed by atoms with E-state index in [1.54, 1.807) is 76.7 Å². The summed E-state index contributed by atoms with van der Waals surface area (Å²) in [6, 6.07) is 23.9. The van der Waals surface area contributed by atoms with Crippen molar-refractivity contribution in [3.8, 4) is 11.5 Å². The fraction of sp³-hybridized carbons (Fsp3) is 0.133. The minimum absolute atomic E-state index is 0. The molecule has 215 valence electrons. The molecule has 2 N–H and O–H groups in total. The van der Waals surface area contributed by atoms with Gasteiger partial charge in [0.25, 0.3) is 0 Å². The molecule has 41 heavy (non-hydrogen) atoms. The fourth-order valence-electron chi connectivity index (χ4n) is 2.33. The summed E-state index contributed by atoms with van der Waals surface area (Å²) < 4.78 is 0. The molecule has 0 aliphatic rings. The molecule has 0 spiro atoms. The molecule has 0 aliphatic carbocycles. The molecular weight excluding hydrogens is 567 g/mol. The quantitative estimate of drug-likeness (QED) is 0.205. The molecule has 0 unspecified atom stereocenters. The number of hydrogen-bond acceptors (Lipinski definition) is 10. The number of phenolic OH excluding ortho intramolecular Hbond substituents is 2. The normalized spacial score (nSPS) is 9.95. The van der Waals surface area contributed by atoms with E-state index in [1.807, 2.05) is 36.4 Å². The molecule has 1 radical (unpaired) electrons. The van der Waals surface area contributed by atoms with Crippen LogP contribution in [0.3, 0.4) is 0 Å². The van der Waals surface area contributed by atoms with Crippen molar-refractivity contribution >= 4 is 23.2 Å². The van der Waals surface area contributed by atoms with Crippen LogP contribution in [0.2, 0.25) is 0 Å². The Morgan fingerprint density at radius 1 is 0.512 bits per heavy atom. The maximum Gasteiger partial charge on any atom is 2.00 e. The average molecular weight is 600 g/mol. The van der Waals surface area contributed by atoms with Crippen molar-refractivity contribution in [2.75, 3.05) is 0 Å². The maximum atomic E-state index is 11.3. The maximum absolute atomic E-state index is 11.3. The van der Waals surface area contributed by atoms with Gasteiger partial charge in [-0.3, -0.25) is 9.97 Å². The molecule has 0 fully saturated rings. The topological polar surface area (TPSA) is 162 Å². The van der Waals surface area contributed by atoms with Gasteiger partial charge in [-0.1, -0.05) is 48.5 Å². The van der Waals surface area contributed by atoms with Crippen molar-refractivity contribution in [2.45, 2.75) is 27.7 Å². The van der Waals surface area contributed by atoms with Crippen molar-refractivity contribution in [3.63, 3.8) is 0 Å². The molecule has 10 nitrogen and oxygen atoms in total. The van der Waals surface area contributed by atoms with E-state index < -0.39 is 11.8 Å². The number of aromatic hydroxyl groups is 2. The second-order valence-corrected chi connectivity index (χ2v) is 7.99. The zero-order valence-corrected chi connectivity index (χ0v) is 24.2. The predicted octanol–water partition coefficient (Wildman–Crippen LogP) is 3.95. The molecule has 0 atom stereocenters. The second kappa shape index (κ2) is 22.0.